The number of fused-ring (bicyclic) bond motifs is 1. The Morgan fingerprint density at radius 3 is 2.95 bits per heavy atom. The Kier molecular flexibility index (Phi) is 4.70. The number of carbonyl (C=O) groups is 1. The number of hydrogen-bond donors (Lipinski definition) is 3. The van der Waals surface area contributed by atoms with Crippen LogP contribution in [0.1, 0.15) is 16.1 Å². The monoisotopic (exact) mass is 280 g/mol. The average molecular weight is 280 g/mol. The number of rotatable bonds is 6. The number of para-hydroxylation sites is 1. The van der Waals surface area contributed by atoms with E-state index in [9.17, 15) is 9.18 Å². The third-order valence-corrected chi connectivity index (χ3v) is 3.04. The minimum absolute atomic E-state index is 0.0473. The number of ether oxygens (including phenoxy) is 1. The molecule has 0 atom stereocenters. The summed E-state index contributed by atoms with van der Waals surface area (Å²) in [4.78, 5) is 14.8. The van der Waals surface area contributed by atoms with Crippen LogP contribution < -0.4 is 5.32 Å². The van der Waals surface area contributed by atoms with Gasteiger partial charge < -0.3 is 20.1 Å². The number of H-pyrrole nitrogens is 1. The maximum Gasteiger partial charge on any atom is 0.268 e. The highest BCUT2D eigenvalue weighted by atomic mass is 19.1. The van der Waals surface area contributed by atoms with Crippen molar-refractivity contribution in [1.29, 1.82) is 0 Å². The van der Waals surface area contributed by atoms with Gasteiger partial charge in [0, 0.05) is 11.9 Å². The molecule has 108 valence electrons. The van der Waals surface area contributed by atoms with Gasteiger partial charge in [0.25, 0.3) is 5.91 Å². The smallest absolute Gasteiger partial charge is 0.268 e. The summed E-state index contributed by atoms with van der Waals surface area (Å²) in [5, 5.41) is 11.9. The number of carbonyl (C=O) groups excluding carboxylic acids is 1. The first kappa shape index (κ1) is 14.5. The minimum Gasteiger partial charge on any atom is -0.394 e. The van der Waals surface area contributed by atoms with Crippen LogP contribution in [0.4, 0.5) is 4.39 Å². The Balaban J connectivity index is 2.07. The molecule has 1 aromatic carbocycles. The van der Waals surface area contributed by atoms with Crippen molar-refractivity contribution in [2.24, 2.45) is 0 Å². The molecule has 0 unspecified atom stereocenters. The van der Waals surface area contributed by atoms with E-state index in [1.807, 2.05) is 0 Å². The molecule has 3 N–H and O–H groups in total. The first-order chi connectivity index (χ1) is 9.65. The predicted octanol–water partition coefficient (Wildman–Crippen LogP) is 1.35. The van der Waals surface area contributed by atoms with Crippen molar-refractivity contribution in [1.82, 2.24) is 10.3 Å². The molecule has 20 heavy (non-hydrogen) atoms. The van der Waals surface area contributed by atoms with E-state index in [4.69, 9.17) is 9.84 Å². The summed E-state index contributed by atoms with van der Waals surface area (Å²) >= 11 is 0. The summed E-state index contributed by atoms with van der Waals surface area (Å²) in [5.74, 6) is -0.679. The number of aryl methyl sites for hydroxylation is 1. The number of halogens is 1. The fourth-order valence-corrected chi connectivity index (χ4v) is 2.04. The molecule has 1 heterocycles. The SMILES string of the molecule is Cc1c(C(=O)NCCOCCO)[nH]c2c(F)cccc12. The summed E-state index contributed by atoms with van der Waals surface area (Å²) in [6.45, 7) is 2.62. The van der Waals surface area contributed by atoms with Crippen LogP contribution in [0.25, 0.3) is 10.9 Å². The summed E-state index contributed by atoms with van der Waals surface area (Å²) in [5.41, 5.74) is 1.41. The molecule has 6 heteroatoms. The van der Waals surface area contributed by atoms with Crippen LogP contribution >= 0.6 is 0 Å². The highest BCUT2D eigenvalue weighted by molar-refractivity contribution is 6.00. The second-order valence-corrected chi connectivity index (χ2v) is 4.38. The molecule has 5 nitrogen and oxygen atoms in total. The molecule has 0 aliphatic rings. The molecule has 2 rings (SSSR count). The van der Waals surface area contributed by atoms with Gasteiger partial charge in [-0.25, -0.2) is 4.39 Å². The summed E-state index contributed by atoms with van der Waals surface area (Å²) in [6, 6.07) is 4.73. The van der Waals surface area contributed by atoms with Gasteiger partial charge in [0.1, 0.15) is 11.5 Å². The van der Waals surface area contributed by atoms with Gasteiger partial charge in [-0.3, -0.25) is 4.79 Å². The lowest BCUT2D eigenvalue weighted by Crippen LogP contribution is -2.28. The van der Waals surface area contributed by atoms with Crippen molar-refractivity contribution in [3.05, 3.63) is 35.3 Å². The third-order valence-electron chi connectivity index (χ3n) is 3.04. The fourth-order valence-electron chi connectivity index (χ4n) is 2.04. The van der Waals surface area contributed by atoms with E-state index < -0.39 is 0 Å². The number of hydrogen-bond acceptors (Lipinski definition) is 3. The maximum atomic E-state index is 13.6. The Labute approximate surface area is 115 Å². The Morgan fingerprint density at radius 1 is 1.45 bits per heavy atom. The number of aliphatic hydroxyl groups is 1. The average Bonchev–Trinajstić information content (AvgIpc) is 2.78. The Morgan fingerprint density at radius 2 is 2.25 bits per heavy atom. The lowest BCUT2D eigenvalue weighted by Gasteiger charge is -2.05. The lowest BCUT2D eigenvalue weighted by atomic mass is 10.1. The van der Waals surface area contributed by atoms with E-state index in [-0.39, 0.29) is 24.9 Å². The second-order valence-electron chi connectivity index (χ2n) is 4.38. The van der Waals surface area contributed by atoms with E-state index in [0.717, 1.165) is 0 Å². The zero-order valence-corrected chi connectivity index (χ0v) is 11.2. The molecule has 0 spiro atoms. The first-order valence-electron chi connectivity index (χ1n) is 6.38. The van der Waals surface area contributed by atoms with Gasteiger partial charge in [-0.15, -0.1) is 0 Å². The molecule has 0 bridgehead atoms. The van der Waals surface area contributed by atoms with Crippen LogP contribution in [0.2, 0.25) is 0 Å². The van der Waals surface area contributed by atoms with Gasteiger partial charge in [0.15, 0.2) is 0 Å². The molecule has 1 aromatic heterocycles. The van der Waals surface area contributed by atoms with Crippen molar-refractivity contribution in [3.8, 4) is 0 Å². The fraction of sp³-hybridized carbons (Fsp3) is 0.357. The number of aliphatic hydroxyl groups excluding tert-OH is 1. The van der Waals surface area contributed by atoms with Gasteiger partial charge in [-0.2, -0.15) is 0 Å². The highest BCUT2D eigenvalue weighted by Gasteiger charge is 2.15. The molecular weight excluding hydrogens is 263 g/mol. The number of nitrogens with one attached hydrogen (secondary N) is 2. The normalized spacial score (nSPS) is 10.9. The molecular formula is C14H17FN2O3. The van der Waals surface area contributed by atoms with Gasteiger partial charge in [0.2, 0.25) is 0 Å². The summed E-state index contributed by atoms with van der Waals surface area (Å²) in [7, 11) is 0. The molecule has 0 saturated heterocycles. The van der Waals surface area contributed by atoms with E-state index in [2.05, 4.69) is 10.3 Å². The summed E-state index contributed by atoms with van der Waals surface area (Å²) in [6.07, 6.45) is 0. The Hall–Kier alpha value is -1.92. The quantitative estimate of drug-likeness (QED) is 0.699. The Bertz CT molecular complexity index is 610. The van der Waals surface area contributed by atoms with Crippen molar-refractivity contribution in [3.63, 3.8) is 0 Å². The second kappa shape index (κ2) is 6.49. The van der Waals surface area contributed by atoms with Crippen LogP contribution in [0.15, 0.2) is 18.2 Å². The topological polar surface area (TPSA) is 74.3 Å². The summed E-state index contributed by atoms with van der Waals surface area (Å²) < 4.78 is 18.7. The molecule has 0 aliphatic carbocycles. The maximum absolute atomic E-state index is 13.6. The minimum atomic E-state index is -0.379. The van der Waals surface area contributed by atoms with Crippen LogP contribution in [0.5, 0.6) is 0 Å². The van der Waals surface area contributed by atoms with Gasteiger partial charge in [-0.05, 0) is 18.6 Å². The van der Waals surface area contributed by atoms with Gasteiger partial charge in [0.05, 0.1) is 25.3 Å². The first-order valence-corrected chi connectivity index (χ1v) is 6.38. The molecule has 0 saturated carbocycles. The van der Waals surface area contributed by atoms with Crippen molar-refractivity contribution in [2.75, 3.05) is 26.4 Å². The lowest BCUT2D eigenvalue weighted by molar-refractivity contribution is 0.0835. The van der Waals surface area contributed by atoms with Crippen molar-refractivity contribution >= 4 is 16.8 Å². The van der Waals surface area contributed by atoms with Crippen molar-refractivity contribution in [2.45, 2.75) is 6.92 Å². The number of aromatic amines is 1. The molecule has 0 radical (unpaired) electrons. The highest BCUT2D eigenvalue weighted by Crippen LogP contribution is 2.23. The number of amides is 1. The standard InChI is InChI=1S/C14H17FN2O3/c1-9-10-3-2-4-11(15)13(10)17-12(9)14(19)16-5-7-20-8-6-18/h2-4,17-18H,5-8H2,1H3,(H,16,19). The van der Waals surface area contributed by atoms with Crippen LogP contribution in [0.3, 0.4) is 0 Å². The van der Waals surface area contributed by atoms with E-state index in [1.54, 1.807) is 19.1 Å². The third kappa shape index (κ3) is 2.97. The molecule has 2 aromatic rings. The van der Waals surface area contributed by atoms with Gasteiger partial charge in [-0.1, -0.05) is 12.1 Å². The van der Waals surface area contributed by atoms with E-state index >= 15 is 0 Å². The number of benzene rings is 1. The van der Waals surface area contributed by atoms with E-state index in [0.29, 0.717) is 35.3 Å². The number of aromatic nitrogens is 1. The predicted molar refractivity (Wildman–Crippen MR) is 73.2 cm³/mol. The molecule has 0 fully saturated rings. The molecule has 0 aliphatic heterocycles. The zero-order chi connectivity index (χ0) is 14.5. The zero-order valence-electron chi connectivity index (χ0n) is 11.2. The molecule has 1 amide bonds. The van der Waals surface area contributed by atoms with Crippen LogP contribution in [-0.2, 0) is 4.74 Å². The van der Waals surface area contributed by atoms with Crippen LogP contribution in [-0.4, -0.2) is 42.4 Å². The van der Waals surface area contributed by atoms with Gasteiger partial charge >= 0.3 is 0 Å². The van der Waals surface area contributed by atoms with Crippen molar-refractivity contribution < 1.29 is 19.0 Å². The van der Waals surface area contributed by atoms with E-state index in [1.165, 1.54) is 6.07 Å². The largest absolute Gasteiger partial charge is 0.394 e. The van der Waals surface area contributed by atoms with Crippen LogP contribution in [0, 0.1) is 12.7 Å².